The van der Waals surface area contributed by atoms with Crippen molar-refractivity contribution in [2.45, 2.75) is 0 Å². The lowest BCUT2D eigenvalue weighted by atomic mass is 10.3. The molecule has 0 aliphatic rings. The summed E-state index contributed by atoms with van der Waals surface area (Å²) in [4.78, 5) is 17.0. The van der Waals surface area contributed by atoms with Crippen molar-refractivity contribution in [2.24, 2.45) is 0 Å². The van der Waals surface area contributed by atoms with Crippen molar-refractivity contribution in [1.82, 2.24) is 4.98 Å². The van der Waals surface area contributed by atoms with Gasteiger partial charge in [-0.25, -0.2) is 14.7 Å². The van der Waals surface area contributed by atoms with E-state index in [1.54, 1.807) is 0 Å². The first-order valence-corrected chi connectivity index (χ1v) is 3.27. The Kier molecular flexibility index (Phi) is 2.44. The fourth-order valence-corrected chi connectivity index (χ4v) is 0.828. The predicted octanol–water partition coefficient (Wildman–Crippen LogP) is 1.36. The topological polar surface area (TPSA) is 65.2 Å². The molecule has 1 rings (SSSR count). The number of nitrogens with zero attached hydrogens (tertiary/aromatic N) is 1. The Hall–Kier alpha value is -1.36. The van der Waals surface area contributed by atoms with Crippen molar-refractivity contribution in [3.63, 3.8) is 0 Å². The molecule has 12 heavy (non-hydrogen) atoms. The molecule has 0 radical (unpaired) electrons. The number of nitrogens with two attached hydrogens (primary N) is 1. The van der Waals surface area contributed by atoms with E-state index in [9.17, 15) is 9.32 Å². The molecule has 4 nitrogen and oxygen atoms in total. The van der Waals surface area contributed by atoms with E-state index in [0.29, 0.717) is 0 Å². The van der Waals surface area contributed by atoms with Gasteiger partial charge in [0.2, 0.25) is 0 Å². The molecular formula is C6H4ClFN2O2. The standard InChI is InChI=1S/C6H4ClFN2O2/c7-3-1-4(9)5(10-2-3)6(11)12-8/h1-2H,9H2. The minimum Gasteiger partial charge on any atom is -0.397 e. The van der Waals surface area contributed by atoms with E-state index in [1.165, 1.54) is 12.3 Å². The minimum absolute atomic E-state index is 0.0230. The molecule has 0 atom stereocenters. The molecule has 0 bridgehead atoms. The van der Waals surface area contributed by atoms with E-state index >= 15 is 0 Å². The highest BCUT2D eigenvalue weighted by Crippen LogP contribution is 2.15. The van der Waals surface area contributed by atoms with Crippen LogP contribution in [0.3, 0.4) is 0 Å². The van der Waals surface area contributed by atoms with E-state index in [-0.39, 0.29) is 16.4 Å². The summed E-state index contributed by atoms with van der Waals surface area (Å²) < 4.78 is 11.4. The number of carbonyl (C=O) groups excluding carboxylic acids is 1. The number of rotatable bonds is 1. The molecule has 6 heteroatoms. The first-order valence-electron chi connectivity index (χ1n) is 2.89. The Morgan fingerprint density at radius 1 is 1.75 bits per heavy atom. The number of hydrogen-bond acceptors (Lipinski definition) is 4. The van der Waals surface area contributed by atoms with Crippen molar-refractivity contribution in [2.75, 3.05) is 5.73 Å². The normalized spacial score (nSPS) is 9.50. The van der Waals surface area contributed by atoms with Gasteiger partial charge in [0.05, 0.1) is 10.7 Å². The molecule has 0 amide bonds. The van der Waals surface area contributed by atoms with Gasteiger partial charge in [-0.1, -0.05) is 11.6 Å². The van der Waals surface area contributed by atoms with Crippen LogP contribution < -0.4 is 5.73 Å². The SMILES string of the molecule is Nc1cc(Cl)cnc1C(=O)OF. The van der Waals surface area contributed by atoms with Crippen LogP contribution in [-0.2, 0) is 4.94 Å². The van der Waals surface area contributed by atoms with Crippen LogP contribution in [0.25, 0.3) is 0 Å². The van der Waals surface area contributed by atoms with Gasteiger partial charge in [-0.15, -0.1) is 0 Å². The van der Waals surface area contributed by atoms with Crippen LogP contribution in [0.5, 0.6) is 0 Å². The maximum atomic E-state index is 11.4. The number of pyridine rings is 1. The fraction of sp³-hybridized carbons (Fsp3) is 0. The molecular weight excluding hydrogens is 187 g/mol. The first-order chi connectivity index (χ1) is 5.65. The molecule has 0 unspecified atom stereocenters. The Morgan fingerprint density at radius 2 is 2.42 bits per heavy atom. The number of carbonyl (C=O) groups is 1. The average Bonchev–Trinajstić information content (AvgIpc) is 2.03. The summed E-state index contributed by atoms with van der Waals surface area (Å²) in [5.41, 5.74) is 4.97. The second kappa shape index (κ2) is 3.36. The third kappa shape index (κ3) is 1.62. The van der Waals surface area contributed by atoms with Crippen molar-refractivity contribution in [1.29, 1.82) is 0 Å². The van der Waals surface area contributed by atoms with Gasteiger partial charge in [-0.2, -0.15) is 0 Å². The molecule has 2 N–H and O–H groups in total. The summed E-state index contributed by atoms with van der Waals surface area (Å²) in [6.07, 6.45) is 1.17. The molecule has 64 valence electrons. The Labute approximate surface area is 72.0 Å². The first kappa shape index (κ1) is 8.73. The molecule has 1 heterocycles. The van der Waals surface area contributed by atoms with E-state index in [0.717, 1.165) is 0 Å². The third-order valence-electron chi connectivity index (χ3n) is 1.15. The number of halogens is 2. The zero-order valence-electron chi connectivity index (χ0n) is 5.75. The van der Waals surface area contributed by atoms with E-state index in [2.05, 4.69) is 9.93 Å². The number of nitrogen functional groups attached to an aromatic ring is 1. The van der Waals surface area contributed by atoms with Crippen molar-refractivity contribution in [3.05, 3.63) is 23.0 Å². The van der Waals surface area contributed by atoms with Gasteiger partial charge < -0.3 is 5.73 Å². The highest BCUT2D eigenvalue weighted by atomic mass is 35.5. The Bertz CT molecular complexity index is 318. The van der Waals surface area contributed by atoms with E-state index < -0.39 is 5.97 Å². The van der Waals surface area contributed by atoms with Crippen LogP contribution in [0.4, 0.5) is 10.2 Å². The largest absolute Gasteiger partial charge is 0.399 e. The van der Waals surface area contributed by atoms with Gasteiger partial charge >= 0.3 is 5.97 Å². The average molecular weight is 191 g/mol. The maximum absolute atomic E-state index is 11.4. The van der Waals surface area contributed by atoms with Crippen LogP contribution in [-0.4, -0.2) is 11.0 Å². The van der Waals surface area contributed by atoms with Gasteiger partial charge in [0.25, 0.3) is 0 Å². The fourth-order valence-electron chi connectivity index (χ4n) is 0.662. The third-order valence-corrected chi connectivity index (χ3v) is 1.35. The lowest BCUT2D eigenvalue weighted by Crippen LogP contribution is -2.06. The molecule has 0 spiro atoms. The maximum Gasteiger partial charge on any atom is 0.399 e. The Balaban J connectivity index is 3.09. The molecule has 1 aromatic rings. The molecule has 0 aliphatic heterocycles. The van der Waals surface area contributed by atoms with Crippen molar-refractivity contribution in [3.8, 4) is 0 Å². The molecule has 0 fully saturated rings. The van der Waals surface area contributed by atoms with Gasteiger partial charge in [-0.3, -0.25) is 0 Å². The molecule has 0 saturated carbocycles. The lowest BCUT2D eigenvalue weighted by molar-refractivity contribution is -0.0792. The Morgan fingerprint density at radius 3 is 2.92 bits per heavy atom. The van der Waals surface area contributed by atoms with Gasteiger partial charge in [0.1, 0.15) is 0 Å². The van der Waals surface area contributed by atoms with Crippen LogP contribution in [0, 0.1) is 0 Å². The smallest absolute Gasteiger partial charge is 0.397 e. The highest BCUT2D eigenvalue weighted by molar-refractivity contribution is 6.30. The number of anilines is 1. The van der Waals surface area contributed by atoms with Crippen LogP contribution in [0.2, 0.25) is 5.02 Å². The summed E-state index contributed by atoms with van der Waals surface area (Å²) in [6, 6.07) is 1.28. The molecule has 0 aliphatic carbocycles. The van der Waals surface area contributed by atoms with Crippen molar-refractivity contribution >= 4 is 23.3 Å². The second-order valence-electron chi connectivity index (χ2n) is 1.96. The minimum atomic E-state index is -1.23. The lowest BCUT2D eigenvalue weighted by Gasteiger charge is -1.98. The van der Waals surface area contributed by atoms with E-state index in [4.69, 9.17) is 17.3 Å². The predicted molar refractivity (Wildman–Crippen MR) is 40.2 cm³/mol. The summed E-state index contributed by atoms with van der Waals surface area (Å²) in [6.45, 7) is 0. The quantitative estimate of drug-likeness (QED) is 0.726. The van der Waals surface area contributed by atoms with E-state index in [1.807, 2.05) is 0 Å². The van der Waals surface area contributed by atoms with Crippen molar-refractivity contribution < 1.29 is 14.3 Å². The van der Waals surface area contributed by atoms with Crippen LogP contribution in [0.15, 0.2) is 12.3 Å². The summed E-state index contributed by atoms with van der Waals surface area (Å²) in [7, 11) is 0. The zero-order chi connectivity index (χ0) is 9.14. The molecule has 0 aromatic carbocycles. The second-order valence-corrected chi connectivity index (χ2v) is 2.39. The summed E-state index contributed by atoms with van der Waals surface area (Å²) in [5, 5.41) is 0.267. The monoisotopic (exact) mass is 190 g/mol. The molecule has 0 saturated heterocycles. The zero-order valence-corrected chi connectivity index (χ0v) is 6.51. The van der Waals surface area contributed by atoms with Gasteiger partial charge in [-0.05, 0) is 6.07 Å². The van der Waals surface area contributed by atoms with Gasteiger partial charge in [0.15, 0.2) is 5.69 Å². The number of hydrogen-bond donors (Lipinski definition) is 1. The highest BCUT2D eigenvalue weighted by Gasteiger charge is 2.13. The summed E-state index contributed by atoms with van der Waals surface area (Å²) >= 11 is 5.48. The van der Waals surface area contributed by atoms with Crippen LogP contribution >= 0.6 is 11.6 Å². The van der Waals surface area contributed by atoms with Crippen LogP contribution in [0.1, 0.15) is 10.5 Å². The number of aromatic nitrogens is 1. The van der Waals surface area contributed by atoms with Gasteiger partial charge in [0, 0.05) is 10.7 Å². The molecule has 1 aromatic heterocycles. The summed E-state index contributed by atoms with van der Waals surface area (Å²) in [5.74, 6) is -1.23.